The summed E-state index contributed by atoms with van der Waals surface area (Å²) < 4.78 is 12.7. The van der Waals surface area contributed by atoms with Crippen LogP contribution in [0.25, 0.3) is 0 Å². The average molecular weight is 224 g/mol. The van der Waals surface area contributed by atoms with Gasteiger partial charge in [-0.05, 0) is 42.4 Å². The molecule has 1 aromatic carbocycles. The van der Waals surface area contributed by atoms with E-state index in [9.17, 15) is 9.50 Å². The monoisotopic (exact) mass is 224 g/mol. The SMILES string of the molecule is CCC(C)CC(CO)Cc1ccc(F)cc1. The zero-order chi connectivity index (χ0) is 12.0. The van der Waals surface area contributed by atoms with E-state index in [0.717, 1.165) is 24.8 Å². The molecule has 0 amide bonds. The van der Waals surface area contributed by atoms with Crippen molar-refractivity contribution in [2.45, 2.75) is 33.1 Å². The molecule has 2 unspecified atom stereocenters. The van der Waals surface area contributed by atoms with Crippen LogP contribution >= 0.6 is 0 Å². The molecule has 0 fully saturated rings. The lowest BCUT2D eigenvalue weighted by Crippen LogP contribution is -2.13. The molecule has 2 heteroatoms. The Morgan fingerprint density at radius 1 is 1.25 bits per heavy atom. The molecule has 0 aromatic heterocycles. The minimum atomic E-state index is -0.203. The van der Waals surface area contributed by atoms with E-state index in [1.54, 1.807) is 12.1 Å². The van der Waals surface area contributed by atoms with Crippen molar-refractivity contribution in [1.82, 2.24) is 0 Å². The van der Waals surface area contributed by atoms with E-state index in [-0.39, 0.29) is 12.4 Å². The van der Waals surface area contributed by atoms with Gasteiger partial charge in [0.25, 0.3) is 0 Å². The van der Waals surface area contributed by atoms with E-state index in [4.69, 9.17) is 0 Å². The Balaban J connectivity index is 2.52. The third kappa shape index (κ3) is 4.31. The molecule has 2 atom stereocenters. The molecule has 90 valence electrons. The van der Waals surface area contributed by atoms with Gasteiger partial charge in [0, 0.05) is 6.61 Å². The minimum absolute atomic E-state index is 0.203. The summed E-state index contributed by atoms with van der Waals surface area (Å²) in [5.74, 6) is 0.726. The Morgan fingerprint density at radius 2 is 1.88 bits per heavy atom. The maximum absolute atomic E-state index is 12.7. The maximum Gasteiger partial charge on any atom is 0.123 e. The lowest BCUT2D eigenvalue weighted by molar-refractivity contribution is 0.201. The zero-order valence-corrected chi connectivity index (χ0v) is 10.1. The van der Waals surface area contributed by atoms with Crippen molar-refractivity contribution in [3.05, 3.63) is 35.6 Å². The highest BCUT2D eigenvalue weighted by Gasteiger charge is 2.12. The van der Waals surface area contributed by atoms with Gasteiger partial charge in [-0.2, -0.15) is 0 Å². The lowest BCUT2D eigenvalue weighted by Gasteiger charge is -2.18. The summed E-state index contributed by atoms with van der Waals surface area (Å²) in [7, 11) is 0. The Bertz CT molecular complexity index is 294. The fourth-order valence-electron chi connectivity index (χ4n) is 1.91. The smallest absolute Gasteiger partial charge is 0.123 e. The van der Waals surface area contributed by atoms with Crippen LogP contribution < -0.4 is 0 Å². The van der Waals surface area contributed by atoms with Crippen molar-refractivity contribution in [3.63, 3.8) is 0 Å². The van der Waals surface area contributed by atoms with Crippen LogP contribution in [0.15, 0.2) is 24.3 Å². The number of aliphatic hydroxyl groups is 1. The zero-order valence-electron chi connectivity index (χ0n) is 10.1. The highest BCUT2D eigenvalue weighted by atomic mass is 19.1. The summed E-state index contributed by atoms with van der Waals surface area (Å²) in [5, 5.41) is 9.31. The van der Waals surface area contributed by atoms with Crippen LogP contribution in [-0.2, 0) is 6.42 Å². The molecule has 1 nitrogen and oxygen atoms in total. The molecule has 0 aliphatic heterocycles. The first kappa shape index (κ1) is 13.2. The number of aliphatic hydroxyl groups excluding tert-OH is 1. The van der Waals surface area contributed by atoms with Crippen LogP contribution in [0.1, 0.15) is 32.3 Å². The van der Waals surface area contributed by atoms with Crippen molar-refractivity contribution >= 4 is 0 Å². The van der Waals surface area contributed by atoms with Crippen LogP contribution in [0.4, 0.5) is 4.39 Å². The van der Waals surface area contributed by atoms with Gasteiger partial charge >= 0.3 is 0 Å². The molecule has 1 rings (SSSR count). The third-order valence-corrected chi connectivity index (χ3v) is 3.13. The van der Waals surface area contributed by atoms with Gasteiger partial charge in [-0.25, -0.2) is 4.39 Å². The molecule has 0 aliphatic carbocycles. The van der Waals surface area contributed by atoms with Crippen molar-refractivity contribution in [2.75, 3.05) is 6.61 Å². The highest BCUT2D eigenvalue weighted by molar-refractivity contribution is 5.16. The highest BCUT2D eigenvalue weighted by Crippen LogP contribution is 2.19. The van der Waals surface area contributed by atoms with Gasteiger partial charge < -0.3 is 5.11 Å². The quantitative estimate of drug-likeness (QED) is 0.785. The number of benzene rings is 1. The van der Waals surface area contributed by atoms with Crippen molar-refractivity contribution in [3.8, 4) is 0 Å². The Hall–Kier alpha value is -0.890. The van der Waals surface area contributed by atoms with Crippen LogP contribution in [0, 0.1) is 17.7 Å². The molecule has 0 bridgehead atoms. The van der Waals surface area contributed by atoms with Gasteiger partial charge in [0.05, 0.1) is 0 Å². The number of halogens is 1. The second-order valence-corrected chi connectivity index (χ2v) is 4.63. The first-order chi connectivity index (χ1) is 7.65. The summed E-state index contributed by atoms with van der Waals surface area (Å²) in [4.78, 5) is 0. The second kappa shape index (κ2) is 6.64. The van der Waals surface area contributed by atoms with Crippen molar-refractivity contribution in [1.29, 1.82) is 0 Å². The second-order valence-electron chi connectivity index (χ2n) is 4.63. The van der Waals surface area contributed by atoms with E-state index < -0.39 is 0 Å². The van der Waals surface area contributed by atoms with Gasteiger partial charge in [0.15, 0.2) is 0 Å². The molecule has 0 spiro atoms. The Morgan fingerprint density at radius 3 is 2.38 bits per heavy atom. The number of hydrogen-bond donors (Lipinski definition) is 1. The molecule has 1 aromatic rings. The van der Waals surface area contributed by atoms with Gasteiger partial charge in [-0.15, -0.1) is 0 Å². The Labute approximate surface area is 97.3 Å². The number of rotatable bonds is 6. The maximum atomic E-state index is 12.7. The van der Waals surface area contributed by atoms with E-state index in [1.165, 1.54) is 12.1 Å². The van der Waals surface area contributed by atoms with E-state index in [1.807, 2.05) is 0 Å². The van der Waals surface area contributed by atoms with Crippen molar-refractivity contribution < 1.29 is 9.50 Å². The topological polar surface area (TPSA) is 20.2 Å². The number of hydrogen-bond acceptors (Lipinski definition) is 1. The van der Waals surface area contributed by atoms with Crippen LogP contribution in [-0.4, -0.2) is 11.7 Å². The van der Waals surface area contributed by atoms with Crippen LogP contribution in [0.2, 0.25) is 0 Å². The molecule has 0 heterocycles. The molecule has 1 N–H and O–H groups in total. The predicted octanol–water partition coefficient (Wildman–Crippen LogP) is 3.41. The first-order valence-electron chi connectivity index (χ1n) is 6.01. The molecule has 0 saturated heterocycles. The molecule has 16 heavy (non-hydrogen) atoms. The minimum Gasteiger partial charge on any atom is -0.396 e. The molecular formula is C14H21FO. The summed E-state index contributed by atoms with van der Waals surface area (Å²) >= 11 is 0. The molecule has 0 aliphatic rings. The summed E-state index contributed by atoms with van der Waals surface area (Å²) in [6, 6.07) is 6.56. The standard InChI is InChI=1S/C14H21FO/c1-3-11(2)8-13(10-16)9-12-4-6-14(15)7-5-12/h4-7,11,13,16H,3,8-10H2,1-2H3. The third-order valence-electron chi connectivity index (χ3n) is 3.13. The van der Waals surface area contributed by atoms with Crippen molar-refractivity contribution in [2.24, 2.45) is 11.8 Å². The Kier molecular flexibility index (Phi) is 5.47. The van der Waals surface area contributed by atoms with Gasteiger partial charge in [-0.3, -0.25) is 0 Å². The fraction of sp³-hybridized carbons (Fsp3) is 0.571. The summed E-state index contributed by atoms with van der Waals surface area (Å²) in [6.45, 7) is 4.58. The van der Waals surface area contributed by atoms with Gasteiger partial charge in [0.1, 0.15) is 5.82 Å². The molecular weight excluding hydrogens is 203 g/mol. The fourth-order valence-corrected chi connectivity index (χ4v) is 1.91. The largest absolute Gasteiger partial charge is 0.396 e. The molecule has 0 saturated carbocycles. The van der Waals surface area contributed by atoms with Crippen LogP contribution in [0.3, 0.4) is 0 Å². The van der Waals surface area contributed by atoms with Crippen LogP contribution in [0.5, 0.6) is 0 Å². The normalized spacial score (nSPS) is 14.8. The summed E-state index contributed by atoms with van der Waals surface area (Å²) in [5.41, 5.74) is 1.10. The predicted molar refractivity (Wildman–Crippen MR) is 64.8 cm³/mol. The van der Waals surface area contributed by atoms with Gasteiger partial charge in [0.2, 0.25) is 0 Å². The summed E-state index contributed by atoms with van der Waals surface area (Å²) in [6.07, 6.45) is 3.01. The van der Waals surface area contributed by atoms with E-state index in [2.05, 4.69) is 13.8 Å². The van der Waals surface area contributed by atoms with Gasteiger partial charge in [-0.1, -0.05) is 32.4 Å². The molecule has 0 radical (unpaired) electrons. The lowest BCUT2D eigenvalue weighted by atomic mass is 9.90. The van der Waals surface area contributed by atoms with E-state index >= 15 is 0 Å². The first-order valence-corrected chi connectivity index (χ1v) is 6.01. The van der Waals surface area contributed by atoms with E-state index in [0.29, 0.717) is 11.8 Å². The average Bonchev–Trinajstić information content (AvgIpc) is 2.30.